The van der Waals surface area contributed by atoms with Gasteiger partial charge >= 0.3 is 6.41 Å². The van der Waals surface area contributed by atoms with Crippen molar-refractivity contribution in [3.63, 3.8) is 0 Å². The molecule has 2 heteroatoms. The Morgan fingerprint density at radius 2 is 2.08 bits per heavy atom. The molecule has 0 aliphatic carbocycles. The third-order valence-corrected chi connectivity index (χ3v) is 1.69. The Morgan fingerprint density at radius 1 is 1.42 bits per heavy atom. The van der Waals surface area contributed by atoms with Crippen LogP contribution in [0, 0.1) is 0 Å². The topological polar surface area (TPSA) is 29.1 Å². The van der Waals surface area contributed by atoms with E-state index < -0.39 is 0 Å². The van der Waals surface area contributed by atoms with Crippen LogP contribution in [0.1, 0.15) is 12.5 Å². The summed E-state index contributed by atoms with van der Waals surface area (Å²) in [6.07, 6.45) is 2.54. The second-order valence-corrected chi connectivity index (χ2v) is 2.84. The Kier molecular flexibility index (Phi) is 3.33. The van der Waals surface area contributed by atoms with Crippen molar-refractivity contribution < 1.29 is 4.79 Å². The van der Waals surface area contributed by atoms with Crippen molar-refractivity contribution >= 4 is 6.41 Å². The smallest absolute Gasteiger partial charge is 0.309 e. The van der Waals surface area contributed by atoms with Crippen molar-refractivity contribution in [1.82, 2.24) is 5.32 Å². The molecule has 0 heterocycles. The van der Waals surface area contributed by atoms with Crippen LogP contribution in [-0.2, 0) is 11.2 Å². The fourth-order valence-electron chi connectivity index (χ4n) is 1.12. The van der Waals surface area contributed by atoms with Crippen LogP contribution in [0.25, 0.3) is 0 Å². The highest BCUT2D eigenvalue weighted by Gasteiger charge is 2.00. The number of hydrogen-bond donors (Lipinski definition) is 1. The van der Waals surface area contributed by atoms with Crippen molar-refractivity contribution in [2.24, 2.45) is 0 Å². The highest BCUT2D eigenvalue weighted by atomic mass is 16.1. The van der Waals surface area contributed by atoms with Gasteiger partial charge in [-0.1, -0.05) is 30.3 Å². The second-order valence-electron chi connectivity index (χ2n) is 2.84. The predicted molar refractivity (Wildman–Crippen MR) is 48.4 cm³/mol. The molecule has 0 spiro atoms. The normalized spacial score (nSPS) is 12.1. The quantitative estimate of drug-likeness (QED) is 0.664. The predicted octanol–water partition coefficient (Wildman–Crippen LogP) is 1.27. The first kappa shape index (κ1) is 8.78. The Balaban J connectivity index is 2.46. The largest absolute Gasteiger partial charge is 0.345 e. The SMILES string of the molecule is CC(Cc1ccccc1)N[C]=O. The second kappa shape index (κ2) is 4.54. The summed E-state index contributed by atoms with van der Waals surface area (Å²) in [7, 11) is 0. The Morgan fingerprint density at radius 3 is 2.67 bits per heavy atom. The summed E-state index contributed by atoms with van der Waals surface area (Å²) in [6.45, 7) is 1.96. The zero-order valence-corrected chi connectivity index (χ0v) is 7.08. The van der Waals surface area contributed by atoms with Crippen LogP contribution in [0.15, 0.2) is 30.3 Å². The molecular weight excluding hydrogens is 150 g/mol. The van der Waals surface area contributed by atoms with Gasteiger partial charge in [-0.15, -0.1) is 0 Å². The van der Waals surface area contributed by atoms with E-state index in [1.54, 1.807) is 6.41 Å². The molecule has 1 N–H and O–H groups in total. The summed E-state index contributed by atoms with van der Waals surface area (Å²) >= 11 is 0. The molecule has 0 aromatic heterocycles. The lowest BCUT2D eigenvalue weighted by atomic mass is 10.1. The summed E-state index contributed by atoms with van der Waals surface area (Å²) in [4.78, 5) is 9.97. The molecule has 1 radical (unpaired) electrons. The van der Waals surface area contributed by atoms with Gasteiger partial charge in [0.15, 0.2) is 0 Å². The van der Waals surface area contributed by atoms with Crippen LogP contribution in [0.4, 0.5) is 0 Å². The van der Waals surface area contributed by atoms with E-state index in [0.29, 0.717) is 0 Å². The van der Waals surface area contributed by atoms with Gasteiger partial charge in [0.2, 0.25) is 0 Å². The molecule has 0 bridgehead atoms. The Bertz CT molecular complexity index is 233. The minimum absolute atomic E-state index is 0.157. The molecule has 0 aliphatic rings. The van der Waals surface area contributed by atoms with Crippen LogP contribution in [0.3, 0.4) is 0 Å². The monoisotopic (exact) mass is 162 g/mol. The molecule has 1 rings (SSSR count). The van der Waals surface area contributed by atoms with Crippen LogP contribution in [0.2, 0.25) is 0 Å². The number of benzene rings is 1. The van der Waals surface area contributed by atoms with Gasteiger partial charge < -0.3 is 5.32 Å². The van der Waals surface area contributed by atoms with E-state index in [9.17, 15) is 4.79 Å². The van der Waals surface area contributed by atoms with E-state index in [0.717, 1.165) is 6.42 Å². The van der Waals surface area contributed by atoms with Crippen molar-refractivity contribution in [3.8, 4) is 0 Å². The molecule has 0 saturated carbocycles. The molecule has 2 nitrogen and oxygen atoms in total. The summed E-state index contributed by atoms with van der Waals surface area (Å²) in [6, 6.07) is 10.2. The molecule has 1 atom stereocenters. The zero-order valence-electron chi connectivity index (χ0n) is 7.08. The molecule has 1 aromatic rings. The standard InChI is InChI=1S/C10H12NO/c1-9(11-8-12)7-10-5-3-2-4-6-10/h2-6,9H,7H2,1H3,(H,11,12). The number of amides is 1. The van der Waals surface area contributed by atoms with Crippen LogP contribution in [-0.4, -0.2) is 12.5 Å². The summed E-state index contributed by atoms with van der Waals surface area (Å²) < 4.78 is 0. The molecular formula is C10H12NO. The highest BCUT2D eigenvalue weighted by Crippen LogP contribution is 2.01. The van der Waals surface area contributed by atoms with Gasteiger partial charge in [0.05, 0.1) is 0 Å². The average molecular weight is 162 g/mol. The van der Waals surface area contributed by atoms with Crippen molar-refractivity contribution in [2.45, 2.75) is 19.4 Å². The molecule has 1 aromatic carbocycles. The fraction of sp³-hybridized carbons (Fsp3) is 0.300. The van der Waals surface area contributed by atoms with Gasteiger partial charge in [-0.05, 0) is 18.9 Å². The lowest BCUT2D eigenvalue weighted by Crippen LogP contribution is -2.26. The van der Waals surface area contributed by atoms with Crippen molar-refractivity contribution in [2.75, 3.05) is 0 Å². The van der Waals surface area contributed by atoms with E-state index in [1.165, 1.54) is 5.56 Å². The number of rotatable bonds is 4. The molecule has 12 heavy (non-hydrogen) atoms. The first-order valence-electron chi connectivity index (χ1n) is 3.99. The van der Waals surface area contributed by atoms with Crippen LogP contribution >= 0.6 is 0 Å². The first-order valence-corrected chi connectivity index (χ1v) is 3.99. The Labute approximate surface area is 72.6 Å². The van der Waals surface area contributed by atoms with Gasteiger partial charge in [0.25, 0.3) is 0 Å². The maximum Gasteiger partial charge on any atom is 0.309 e. The molecule has 1 unspecified atom stereocenters. The summed E-state index contributed by atoms with van der Waals surface area (Å²) in [5, 5.41) is 2.59. The summed E-state index contributed by atoms with van der Waals surface area (Å²) in [5.74, 6) is 0. The number of carbonyl (C=O) groups excluding carboxylic acids is 1. The van der Waals surface area contributed by atoms with Crippen LogP contribution in [0.5, 0.6) is 0 Å². The van der Waals surface area contributed by atoms with Gasteiger partial charge in [-0.25, -0.2) is 0 Å². The first-order chi connectivity index (χ1) is 5.83. The van der Waals surface area contributed by atoms with E-state index in [-0.39, 0.29) is 6.04 Å². The molecule has 63 valence electrons. The maximum absolute atomic E-state index is 9.97. The zero-order chi connectivity index (χ0) is 8.81. The third-order valence-electron chi connectivity index (χ3n) is 1.69. The fourth-order valence-corrected chi connectivity index (χ4v) is 1.12. The molecule has 1 amide bonds. The average Bonchev–Trinajstić information content (AvgIpc) is 2.06. The Hall–Kier alpha value is -1.31. The minimum atomic E-state index is 0.157. The maximum atomic E-state index is 9.97. The lowest BCUT2D eigenvalue weighted by Gasteiger charge is -2.08. The highest BCUT2D eigenvalue weighted by molar-refractivity contribution is 5.47. The minimum Gasteiger partial charge on any atom is -0.345 e. The summed E-state index contributed by atoms with van der Waals surface area (Å²) in [5.41, 5.74) is 1.23. The van der Waals surface area contributed by atoms with E-state index in [1.807, 2.05) is 37.3 Å². The van der Waals surface area contributed by atoms with Crippen LogP contribution < -0.4 is 5.32 Å². The van der Waals surface area contributed by atoms with Crippen molar-refractivity contribution in [1.29, 1.82) is 0 Å². The van der Waals surface area contributed by atoms with Gasteiger partial charge in [0.1, 0.15) is 0 Å². The van der Waals surface area contributed by atoms with Gasteiger partial charge in [-0.3, -0.25) is 4.79 Å². The van der Waals surface area contributed by atoms with E-state index >= 15 is 0 Å². The van der Waals surface area contributed by atoms with Gasteiger partial charge in [-0.2, -0.15) is 0 Å². The van der Waals surface area contributed by atoms with Crippen molar-refractivity contribution in [3.05, 3.63) is 35.9 Å². The molecule has 0 aliphatic heterocycles. The third kappa shape index (κ3) is 2.74. The van der Waals surface area contributed by atoms with Gasteiger partial charge in [0, 0.05) is 6.04 Å². The van der Waals surface area contributed by atoms with E-state index in [4.69, 9.17) is 0 Å². The molecule has 0 fully saturated rings. The number of nitrogens with one attached hydrogen (secondary N) is 1. The molecule has 0 saturated heterocycles. The lowest BCUT2D eigenvalue weighted by molar-refractivity contribution is 0.524. The van der Waals surface area contributed by atoms with E-state index in [2.05, 4.69) is 5.32 Å². The number of hydrogen-bond acceptors (Lipinski definition) is 1.